The summed E-state index contributed by atoms with van der Waals surface area (Å²) in [6, 6.07) is 5.50. The normalized spacial score (nSPS) is 13.4. The maximum Gasteiger partial charge on any atom is 0.313 e. The number of hydrogen-bond acceptors (Lipinski definition) is 4. The van der Waals surface area contributed by atoms with E-state index >= 15 is 0 Å². The summed E-state index contributed by atoms with van der Waals surface area (Å²) in [6.45, 7) is 5.47. The third-order valence-corrected chi connectivity index (χ3v) is 4.05. The number of carbonyl (C=O) groups is 2. The van der Waals surface area contributed by atoms with Gasteiger partial charge in [0.15, 0.2) is 0 Å². The number of amides is 2. The Labute approximate surface area is 129 Å². The van der Waals surface area contributed by atoms with Gasteiger partial charge >= 0.3 is 11.8 Å². The first kappa shape index (κ1) is 17.5. The Morgan fingerprint density at radius 2 is 1.95 bits per heavy atom. The van der Waals surface area contributed by atoms with Crippen molar-refractivity contribution in [1.29, 1.82) is 0 Å². The maximum atomic E-state index is 11.8. The van der Waals surface area contributed by atoms with Crippen LogP contribution < -0.4 is 10.6 Å². The van der Waals surface area contributed by atoms with Crippen LogP contribution in [0.3, 0.4) is 0 Å². The van der Waals surface area contributed by atoms with Gasteiger partial charge in [0.05, 0.1) is 5.60 Å². The Morgan fingerprint density at radius 3 is 2.57 bits per heavy atom. The van der Waals surface area contributed by atoms with Crippen molar-refractivity contribution in [2.24, 2.45) is 0 Å². The first-order valence-electron chi connectivity index (χ1n) is 6.63. The molecule has 0 aliphatic carbocycles. The van der Waals surface area contributed by atoms with Gasteiger partial charge in [-0.2, -0.15) is 11.8 Å². The number of anilines is 1. The van der Waals surface area contributed by atoms with E-state index in [1.54, 1.807) is 13.0 Å². The topological polar surface area (TPSA) is 78.4 Å². The highest BCUT2D eigenvalue weighted by Crippen LogP contribution is 2.17. The van der Waals surface area contributed by atoms with E-state index < -0.39 is 17.4 Å². The highest BCUT2D eigenvalue weighted by Gasteiger charge is 2.23. The maximum absolute atomic E-state index is 11.8. The SMILES string of the molecule is CSCC(C)(O)CNC(=O)C(=O)Nc1cccc(C)c1C. The molecule has 1 unspecified atom stereocenters. The molecule has 116 valence electrons. The highest BCUT2D eigenvalue weighted by molar-refractivity contribution is 7.98. The van der Waals surface area contributed by atoms with E-state index in [-0.39, 0.29) is 6.54 Å². The van der Waals surface area contributed by atoms with E-state index in [4.69, 9.17) is 0 Å². The van der Waals surface area contributed by atoms with Gasteiger partial charge in [0.2, 0.25) is 0 Å². The second-order valence-electron chi connectivity index (χ2n) is 5.31. The molecule has 21 heavy (non-hydrogen) atoms. The van der Waals surface area contributed by atoms with E-state index in [1.165, 1.54) is 11.8 Å². The average molecular weight is 310 g/mol. The number of nitrogens with one attached hydrogen (secondary N) is 2. The molecule has 0 saturated heterocycles. The van der Waals surface area contributed by atoms with Crippen LogP contribution in [0.2, 0.25) is 0 Å². The summed E-state index contributed by atoms with van der Waals surface area (Å²) < 4.78 is 0. The summed E-state index contributed by atoms with van der Waals surface area (Å²) in [4.78, 5) is 23.6. The van der Waals surface area contributed by atoms with Crippen molar-refractivity contribution in [3.05, 3.63) is 29.3 Å². The van der Waals surface area contributed by atoms with Gasteiger partial charge in [0.1, 0.15) is 0 Å². The molecule has 3 N–H and O–H groups in total. The van der Waals surface area contributed by atoms with Crippen molar-refractivity contribution < 1.29 is 14.7 Å². The molecule has 2 amide bonds. The minimum atomic E-state index is -1.03. The minimum Gasteiger partial charge on any atom is -0.387 e. The van der Waals surface area contributed by atoms with Gasteiger partial charge < -0.3 is 15.7 Å². The quantitative estimate of drug-likeness (QED) is 0.720. The molecule has 6 heteroatoms. The molecule has 0 fully saturated rings. The Morgan fingerprint density at radius 1 is 1.29 bits per heavy atom. The zero-order valence-corrected chi connectivity index (χ0v) is 13.6. The summed E-state index contributed by atoms with van der Waals surface area (Å²) in [6.07, 6.45) is 1.86. The lowest BCUT2D eigenvalue weighted by Crippen LogP contribution is -2.45. The minimum absolute atomic E-state index is 0.0346. The van der Waals surface area contributed by atoms with Crippen molar-refractivity contribution in [3.8, 4) is 0 Å². The molecule has 0 spiro atoms. The monoisotopic (exact) mass is 310 g/mol. The fourth-order valence-corrected chi connectivity index (χ4v) is 2.50. The molecule has 1 rings (SSSR count). The van der Waals surface area contributed by atoms with Crippen LogP contribution in [0.4, 0.5) is 5.69 Å². The van der Waals surface area contributed by atoms with Gasteiger partial charge in [0.25, 0.3) is 0 Å². The van der Waals surface area contributed by atoms with Crippen LogP contribution in [0.25, 0.3) is 0 Å². The van der Waals surface area contributed by atoms with Crippen LogP contribution in [0.5, 0.6) is 0 Å². The molecule has 0 heterocycles. The van der Waals surface area contributed by atoms with Gasteiger partial charge in [-0.25, -0.2) is 0 Å². The highest BCUT2D eigenvalue weighted by atomic mass is 32.2. The van der Waals surface area contributed by atoms with E-state index in [2.05, 4.69) is 10.6 Å². The third kappa shape index (κ3) is 5.40. The Bertz CT molecular complexity index is 530. The van der Waals surface area contributed by atoms with Crippen molar-refractivity contribution in [2.45, 2.75) is 26.4 Å². The van der Waals surface area contributed by atoms with Crippen molar-refractivity contribution in [1.82, 2.24) is 5.32 Å². The lowest BCUT2D eigenvalue weighted by atomic mass is 10.1. The third-order valence-electron chi connectivity index (χ3n) is 3.14. The number of thioether (sulfide) groups is 1. The second kappa shape index (κ2) is 7.47. The average Bonchev–Trinajstić information content (AvgIpc) is 2.41. The zero-order valence-electron chi connectivity index (χ0n) is 12.8. The zero-order chi connectivity index (χ0) is 16.0. The number of carbonyl (C=O) groups excluding carboxylic acids is 2. The number of benzene rings is 1. The van der Waals surface area contributed by atoms with Crippen molar-refractivity contribution in [3.63, 3.8) is 0 Å². The predicted octanol–water partition coefficient (Wildman–Crippen LogP) is 1.47. The number of hydrogen-bond donors (Lipinski definition) is 3. The number of aryl methyl sites for hydroxylation is 1. The van der Waals surface area contributed by atoms with Crippen LogP contribution in [0.15, 0.2) is 18.2 Å². The van der Waals surface area contributed by atoms with Crippen molar-refractivity contribution in [2.75, 3.05) is 23.9 Å². The van der Waals surface area contributed by atoms with E-state index in [0.717, 1.165) is 11.1 Å². The molecular formula is C15H22N2O3S. The van der Waals surface area contributed by atoms with Gasteiger partial charge in [-0.05, 0) is 44.2 Å². The van der Waals surface area contributed by atoms with E-state index in [0.29, 0.717) is 11.4 Å². The standard InChI is InChI=1S/C15H22N2O3S/c1-10-6-5-7-12(11(10)2)17-14(19)13(18)16-8-15(3,20)9-21-4/h5-7,20H,8-9H2,1-4H3,(H,16,18)(H,17,19). The lowest BCUT2D eigenvalue weighted by Gasteiger charge is -2.22. The Kier molecular flexibility index (Phi) is 6.23. The molecule has 0 aliphatic heterocycles. The van der Waals surface area contributed by atoms with Crippen LogP contribution in [-0.4, -0.2) is 41.1 Å². The van der Waals surface area contributed by atoms with Gasteiger partial charge in [-0.1, -0.05) is 12.1 Å². The van der Waals surface area contributed by atoms with Crippen LogP contribution in [0.1, 0.15) is 18.1 Å². The lowest BCUT2D eigenvalue weighted by molar-refractivity contribution is -0.136. The number of rotatable bonds is 5. The van der Waals surface area contributed by atoms with E-state index in [9.17, 15) is 14.7 Å². The molecule has 0 saturated carbocycles. The molecule has 1 aromatic carbocycles. The molecule has 0 aliphatic rings. The molecule has 0 aromatic heterocycles. The molecular weight excluding hydrogens is 288 g/mol. The number of aliphatic hydroxyl groups is 1. The van der Waals surface area contributed by atoms with Gasteiger partial charge in [0, 0.05) is 18.0 Å². The largest absolute Gasteiger partial charge is 0.387 e. The second-order valence-corrected chi connectivity index (χ2v) is 6.18. The molecule has 5 nitrogen and oxygen atoms in total. The predicted molar refractivity (Wildman–Crippen MR) is 86.6 cm³/mol. The Hall–Kier alpha value is -1.53. The summed E-state index contributed by atoms with van der Waals surface area (Å²) in [5, 5.41) is 15.0. The van der Waals surface area contributed by atoms with Crippen LogP contribution in [-0.2, 0) is 9.59 Å². The molecule has 0 radical (unpaired) electrons. The molecule has 1 aromatic rings. The van der Waals surface area contributed by atoms with Crippen LogP contribution >= 0.6 is 11.8 Å². The molecule has 1 atom stereocenters. The first-order chi connectivity index (χ1) is 9.76. The van der Waals surface area contributed by atoms with Crippen LogP contribution in [0, 0.1) is 13.8 Å². The van der Waals surface area contributed by atoms with Gasteiger partial charge in [-0.3, -0.25) is 9.59 Å². The summed E-state index contributed by atoms with van der Waals surface area (Å²) in [7, 11) is 0. The summed E-state index contributed by atoms with van der Waals surface area (Å²) in [5.41, 5.74) is 1.55. The Balaban J connectivity index is 2.60. The van der Waals surface area contributed by atoms with Crippen molar-refractivity contribution >= 4 is 29.3 Å². The fraction of sp³-hybridized carbons (Fsp3) is 0.467. The fourth-order valence-electron chi connectivity index (χ4n) is 1.78. The first-order valence-corrected chi connectivity index (χ1v) is 8.03. The summed E-state index contributed by atoms with van der Waals surface area (Å²) >= 11 is 1.47. The summed E-state index contributed by atoms with van der Waals surface area (Å²) in [5.74, 6) is -1.01. The van der Waals surface area contributed by atoms with E-state index in [1.807, 2.05) is 32.2 Å². The van der Waals surface area contributed by atoms with Gasteiger partial charge in [-0.15, -0.1) is 0 Å². The molecule has 0 bridgehead atoms. The smallest absolute Gasteiger partial charge is 0.313 e.